The van der Waals surface area contributed by atoms with Gasteiger partial charge in [0.25, 0.3) is 0 Å². The summed E-state index contributed by atoms with van der Waals surface area (Å²) in [5.41, 5.74) is 7.56. The third-order valence-electron chi connectivity index (χ3n) is 2.58. The zero-order valence-corrected chi connectivity index (χ0v) is 8.29. The minimum atomic E-state index is -0.309. The molecule has 76 valence electrons. The van der Waals surface area contributed by atoms with E-state index in [2.05, 4.69) is 6.07 Å². The number of hydrogen-bond acceptors (Lipinski definition) is 2. The highest BCUT2D eigenvalue weighted by molar-refractivity contribution is 5.86. The summed E-state index contributed by atoms with van der Waals surface area (Å²) in [4.78, 5) is 0. The fourth-order valence-electron chi connectivity index (χ4n) is 1.84. The number of benzene rings is 1. The molecule has 0 aliphatic heterocycles. The van der Waals surface area contributed by atoms with Gasteiger partial charge in [0.15, 0.2) is 0 Å². The molecular formula is C11H10FN3. The van der Waals surface area contributed by atoms with E-state index in [1.807, 2.05) is 0 Å². The van der Waals surface area contributed by atoms with Crippen LogP contribution >= 0.6 is 0 Å². The minimum Gasteiger partial charge on any atom is -0.335 e. The number of fused-ring (bicyclic) bond motifs is 1. The third-order valence-corrected chi connectivity index (χ3v) is 2.58. The largest absolute Gasteiger partial charge is 0.335 e. The highest BCUT2D eigenvalue weighted by Gasteiger charge is 2.13. The van der Waals surface area contributed by atoms with Gasteiger partial charge in [0.1, 0.15) is 17.6 Å². The van der Waals surface area contributed by atoms with Crippen molar-refractivity contribution >= 4 is 10.9 Å². The monoisotopic (exact) mass is 203 g/mol. The van der Waals surface area contributed by atoms with Crippen molar-refractivity contribution in [2.45, 2.75) is 6.54 Å². The molecule has 0 saturated heterocycles. The molecule has 1 heterocycles. The van der Waals surface area contributed by atoms with Crippen LogP contribution in [0.2, 0.25) is 0 Å². The summed E-state index contributed by atoms with van der Waals surface area (Å²) in [6.07, 6.45) is 0. The maximum Gasteiger partial charge on any atom is 0.125 e. The molecule has 2 N–H and O–H groups in total. The topological polar surface area (TPSA) is 54.7 Å². The zero-order valence-electron chi connectivity index (χ0n) is 8.29. The SMILES string of the molecule is Cn1c(C#N)c(CN)c2ccc(F)cc21. The summed E-state index contributed by atoms with van der Waals surface area (Å²) in [5, 5.41) is 9.83. The Bertz CT molecular complexity index is 563. The van der Waals surface area contributed by atoms with E-state index in [1.54, 1.807) is 17.7 Å². The Kier molecular flexibility index (Phi) is 2.18. The van der Waals surface area contributed by atoms with Crippen molar-refractivity contribution in [1.82, 2.24) is 4.57 Å². The summed E-state index contributed by atoms with van der Waals surface area (Å²) >= 11 is 0. The van der Waals surface area contributed by atoms with Crippen LogP contribution in [0.3, 0.4) is 0 Å². The van der Waals surface area contributed by atoms with Gasteiger partial charge in [0.2, 0.25) is 0 Å². The molecule has 0 bridgehead atoms. The average Bonchev–Trinajstić information content (AvgIpc) is 2.51. The predicted octanol–water partition coefficient (Wildman–Crippen LogP) is 1.65. The van der Waals surface area contributed by atoms with Crippen molar-refractivity contribution in [3.63, 3.8) is 0 Å². The quantitative estimate of drug-likeness (QED) is 0.766. The Balaban J connectivity index is 2.92. The van der Waals surface area contributed by atoms with Gasteiger partial charge in [-0.25, -0.2) is 4.39 Å². The Hall–Kier alpha value is -1.86. The van der Waals surface area contributed by atoms with E-state index in [0.717, 1.165) is 10.9 Å². The number of hydrogen-bond donors (Lipinski definition) is 1. The van der Waals surface area contributed by atoms with Gasteiger partial charge in [-0.3, -0.25) is 0 Å². The van der Waals surface area contributed by atoms with Crippen LogP contribution in [0.4, 0.5) is 4.39 Å². The van der Waals surface area contributed by atoms with E-state index in [0.29, 0.717) is 11.2 Å². The Labute approximate surface area is 86.5 Å². The lowest BCUT2D eigenvalue weighted by Gasteiger charge is -1.96. The molecule has 3 nitrogen and oxygen atoms in total. The van der Waals surface area contributed by atoms with Crippen molar-refractivity contribution in [2.75, 3.05) is 0 Å². The van der Waals surface area contributed by atoms with Gasteiger partial charge in [-0.2, -0.15) is 5.26 Å². The molecule has 0 atom stereocenters. The van der Waals surface area contributed by atoms with Gasteiger partial charge in [-0.1, -0.05) is 0 Å². The van der Waals surface area contributed by atoms with Crippen molar-refractivity contribution in [2.24, 2.45) is 12.8 Å². The van der Waals surface area contributed by atoms with Gasteiger partial charge < -0.3 is 10.3 Å². The molecule has 0 saturated carbocycles. The molecule has 0 amide bonds. The third kappa shape index (κ3) is 1.29. The molecule has 0 aliphatic rings. The first-order chi connectivity index (χ1) is 7.19. The highest BCUT2D eigenvalue weighted by atomic mass is 19.1. The standard InChI is InChI=1S/C11H10FN3/c1-15-10-4-7(12)2-3-8(10)9(5-13)11(15)6-14/h2-4H,5,13H2,1H3. The number of rotatable bonds is 1. The number of aryl methyl sites for hydroxylation is 1. The number of halogens is 1. The first-order valence-corrected chi connectivity index (χ1v) is 4.56. The van der Waals surface area contributed by atoms with Gasteiger partial charge in [-0.05, 0) is 18.2 Å². The van der Waals surface area contributed by atoms with Crippen LogP contribution in [0.25, 0.3) is 10.9 Å². The average molecular weight is 203 g/mol. The first kappa shape index (κ1) is 9.69. The van der Waals surface area contributed by atoms with Crippen molar-refractivity contribution in [3.8, 4) is 6.07 Å². The van der Waals surface area contributed by atoms with E-state index in [9.17, 15) is 4.39 Å². The Morgan fingerprint density at radius 1 is 1.53 bits per heavy atom. The molecular weight excluding hydrogens is 193 g/mol. The second-order valence-corrected chi connectivity index (χ2v) is 3.36. The van der Waals surface area contributed by atoms with Crippen LogP contribution in [0.5, 0.6) is 0 Å². The summed E-state index contributed by atoms with van der Waals surface area (Å²) < 4.78 is 14.7. The lowest BCUT2D eigenvalue weighted by Crippen LogP contribution is -1.99. The maximum absolute atomic E-state index is 13.0. The lowest BCUT2D eigenvalue weighted by atomic mass is 10.1. The summed E-state index contributed by atoms with van der Waals surface area (Å²) in [6.45, 7) is 0.284. The molecule has 2 aromatic rings. The zero-order chi connectivity index (χ0) is 11.0. The molecule has 0 aliphatic carbocycles. The van der Waals surface area contributed by atoms with E-state index in [1.165, 1.54) is 12.1 Å². The fourth-order valence-corrected chi connectivity index (χ4v) is 1.84. The second kappa shape index (κ2) is 3.37. The number of aromatic nitrogens is 1. The van der Waals surface area contributed by atoms with Crippen molar-refractivity contribution in [3.05, 3.63) is 35.3 Å². The van der Waals surface area contributed by atoms with E-state index >= 15 is 0 Å². The van der Waals surface area contributed by atoms with Crippen LogP contribution in [0.15, 0.2) is 18.2 Å². The van der Waals surface area contributed by atoms with Crippen LogP contribution in [-0.2, 0) is 13.6 Å². The van der Waals surface area contributed by atoms with Crippen molar-refractivity contribution in [1.29, 1.82) is 5.26 Å². The fraction of sp³-hybridized carbons (Fsp3) is 0.182. The molecule has 2 rings (SSSR count). The van der Waals surface area contributed by atoms with E-state index in [4.69, 9.17) is 11.0 Å². The van der Waals surface area contributed by atoms with Crippen LogP contribution < -0.4 is 5.73 Å². The Morgan fingerprint density at radius 3 is 2.87 bits per heavy atom. The number of nitrogens with zero attached hydrogens (tertiary/aromatic N) is 2. The van der Waals surface area contributed by atoms with Gasteiger partial charge in [0.05, 0.1) is 5.52 Å². The van der Waals surface area contributed by atoms with Gasteiger partial charge in [0, 0.05) is 24.5 Å². The normalized spacial score (nSPS) is 10.5. The molecule has 0 radical (unpaired) electrons. The highest BCUT2D eigenvalue weighted by Crippen LogP contribution is 2.25. The molecule has 1 aromatic heterocycles. The Morgan fingerprint density at radius 2 is 2.27 bits per heavy atom. The van der Waals surface area contributed by atoms with Crippen LogP contribution in [0, 0.1) is 17.1 Å². The summed E-state index contributed by atoms with van der Waals surface area (Å²) in [5.74, 6) is -0.309. The maximum atomic E-state index is 13.0. The van der Waals surface area contributed by atoms with Crippen molar-refractivity contribution < 1.29 is 4.39 Å². The van der Waals surface area contributed by atoms with Crippen LogP contribution in [0.1, 0.15) is 11.3 Å². The molecule has 0 spiro atoms. The number of nitrogens with two attached hydrogens (primary N) is 1. The molecule has 15 heavy (non-hydrogen) atoms. The van der Waals surface area contributed by atoms with Gasteiger partial charge >= 0.3 is 0 Å². The molecule has 0 fully saturated rings. The summed E-state index contributed by atoms with van der Waals surface area (Å²) in [7, 11) is 1.74. The second-order valence-electron chi connectivity index (χ2n) is 3.36. The van der Waals surface area contributed by atoms with E-state index in [-0.39, 0.29) is 12.4 Å². The lowest BCUT2D eigenvalue weighted by molar-refractivity contribution is 0.629. The number of nitriles is 1. The smallest absolute Gasteiger partial charge is 0.125 e. The first-order valence-electron chi connectivity index (χ1n) is 4.56. The minimum absolute atomic E-state index is 0.284. The summed E-state index contributed by atoms with van der Waals surface area (Å²) in [6, 6.07) is 6.53. The molecule has 1 aromatic carbocycles. The van der Waals surface area contributed by atoms with Gasteiger partial charge in [-0.15, -0.1) is 0 Å². The van der Waals surface area contributed by atoms with Crippen LogP contribution in [-0.4, -0.2) is 4.57 Å². The van der Waals surface area contributed by atoms with E-state index < -0.39 is 0 Å². The molecule has 4 heteroatoms. The predicted molar refractivity (Wildman–Crippen MR) is 55.5 cm³/mol. The molecule has 0 unspecified atom stereocenters.